The fraction of sp³-hybridized carbons (Fsp3) is 0.500. The Morgan fingerprint density at radius 2 is 2.33 bits per heavy atom. The minimum Gasteiger partial charge on any atom is -0.480 e. The van der Waals surface area contributed by atoms with Crippen molar-refractivity contribution in [3.05, 3.63) is 22.4 Å². The Kier molecular flexibility index (Phi) is 5.73. The first-order chi connectivity index (χ1) is 8.46. The Labute approximate surface area is 110 Å². The number of sulfonamides is 1. The lowest BCUT2D eigenvalue weighted by Crippen LogP contribution is -2.35. The minimum atomic E-state index is -3.67. The second-order valence-electron chi connectivity index (χ2n) is 3.42. The zero-order valence-corrected chi connectivity index (χ0v) is 11.5. The van der Waals surface area contributed by atoms with Gasteiger partial charge in [0.05, 0.1) is 12.4 Å². The van der Waals surface area contributed by atoms with Gasteiger partial charge in [-0.1, -0.05) is 6.07 Å². The average molecular weight is 293 g/mol. The minimum absolute atomic E-state index is 0.0443. The highest BCUT2D eigenvalue weighted by Crippen LogP contribution is 2.20. The van der Waals surface area contributed by atoms with Crippen molar-refractivity contribution in [2.75, 3.05) is 19.0 Å². The van der Waals surface area contributed by atoms with E-state index in [4.69, 9.17) is 9.84 Å². The van der Waals surface area contributed by atoms with E-state index in [2.05, 4.69) is 4.72 Å². The molecule has 0 fully saturated rings. The first-order valence-corrected chi connectivity index (χ1v) is 7.83. The summed E-state index contributed by atoms with van der Waals surface area (Å²) in [6.07, 6.45) is 0. The molecule has 0 bridgehead atoms. The number of carbonyl (C=O) groups is 1. The molecule has 6 nitrogen and oxygen atoms in total. The van der Waals surface area contributed by atoms with Crippen LogP contribution in [0.15, 0.2) is 17.5 Å². The lowest BCUT2D eigenvalue weighted by molar-refractivity contribution is -0.139. The smallest absolute Gasteiger partial charge is 0.327 e. The number of ether oxygens (including phenoxy) is 1. The van der Waals surface area contributed by atoms with E-state index in [1.165, 1.54) is 11.3 Å². The van der Waals surface area contributed by atoms with Gasteiger partial charge in [0.2, 0.25) is 10.0 Å². The van der Waals surface area contributed by atoms with Crippen molar-refractivity contribution in [2.45, 2.75) is 13.0 Å². The summed E-state index contributed by atoms with van der Waals surface area (Å²) in [5, 5.41) is 10.7. The summed E-state index contributed by atoms with van der Waals surface area (Å²) in [4.78, 5) is 11.5. The predicted molar refractivity (Wildman–Crippen MR) is 68.1 cm³/mol. The molecule has 18 heavy (non-hydrogen) atoms. The molecule has 0 aliphatic carbocycles. The Hall–Kier alpha value is -0.960. The van der Waals surface area contributed by atoms with Crippen molar-refractivity contribution in [3.8, 4) is 0 Å². The van der Waals surface area contributed by atoms with Crippen molar-refractivity contribution in [2.24, 2.45) is 0 Å². The predicted octanol–water partition coefficient (Wildman–Crippen LogP) is 0.830. The molecule has 2 N–H and O–H groups in total. The molecule has 0 aromatic carbocycles. The molecule has 0 saturated carbocycles. The van der Waals surface area contributed by atoms with Crippen molar-refractivity contribution < 1.29 is 23.1 Å². The van der Waals surface area contributed by atoms with Gasteiger partial charge in [-0.3, -0.25) is 4.79 Å². The number of thiophene rings is 1. The number of rotatable bonds is 8. The average Bonchev–Trinajstić information content (AvgIpc) is 2.79. The monoisotopic (exact) mass is 293 g/mol. The SMILES string of the molecule is CCOCCS(=O)(=O)NC(C(=O)O)c1cccs1. The summed E-state index contributed by atoms with van der Waals surface area (Å²) in [6, 6.07) is 2.01. The van der Waals surface area contributed by atoms with Crippen LogP contribution in [0.5, 0.6) is 0 Å². The molecule has 1 aromatic rings. The van der Waals surface area contributed by atoms with Gasteiger partial charge in [-0.15, -0.1) is 11.3 Å². The second kappa shape index (κ2) is 6.83. The third-order valence-corrected chi connectivity index (χ3v) is 4.31. The molecule has 0 aliphatic heterocycles. The van der Waals surface area contributed by atoms with Crippen LogP contribution in [-0.4, -0.2) is 38.5 Å². The van der Waals surface area contributed by atoms with Crippen molar-refractivity contribution in [1.82, 2.24) is 4.72 Å². The number of hydrogen-bond acceptors (Lipinski definition) is 5. The van der Waals surface area contributed by atoms with E-state index in [9.17, 15) is 13.2 Å². The first kappa shape index (κ1) is 15.1. The largest absolute Gasteiger partial charge is 0.480 e. The van der Waals surface area contributed by atoms with Gasteiger partial charge in [-0.05, 0) is 18.4 Å². The molecule has 8 heteroatoms. The number of carboxylic acids is 1. The lowest BCUT2D eigenvalue weighted by Gasteiger charge is -2.13. The van der Waals surface area contributed by atoms with Crippen LogP contribution in [0, 0.1) is 0 Å². The third kappa shape index (κ3) is 4.73. The van der Waals surface area contributed by atoms with E-state index in [0.29, 0.717) is 11.5 Å². The quantitative estimate of drug-likeness (QED) is 0.693. The second-order valence-corrected chi connectivity index (χ2v) is 6.27. The lowest BCUT2D eigenvalue weighted by atomic mass is 10.3. The van der Waals surface area contributed by atoms with Crippen LogP contribution in [0.25, 0.3) is 0 Å². The van der Waals surface area contributed by atoms with Crippen LogP contribution in [0.3, 0.4) is 0 Å². The summed E-state index contributed by atoms with van der Waals surface area (Å²) in [5.41, 5.74) is 0. The summed E-state index contributed by atoms with van der Waals surface area (Å²) < 4.78 is 30.4. The molecule has 1 heterocycles. The summed E-state index contributed by atoms with van der Waals surface area (Å²) in [5.74, 6) is -1.48. The highest BCUT2D eigenvalue weighted by Gasteiger charge is 2.26. The zero-order chi connectivity index (χ0) is 13.6. The van der Waals surface area contributed by atoms with Gasteiger partial charge in [0.1, 0.15) is 0 Å². The molecule has 0 radical (unpaired) electrons. The van der Waals surface area contributed by atoms with E-state index in [1.807, 2.05) is 0 Å². The van der Waals surface area contributed by atoms with Crippen molar-refractivity contribution in [1.29, 1.82) is 0 Å². The molecule has 1 aromatic heterocycles. The Balaban J connectivity index is 2.70. The van der Waals surface area contributed by atoms with Crippen LogP contribution >= 0.6 is 11.3 Å². The van der Waals surface area contributed by atoms with Crippen LogP contribution in [0.1, 0.15) is 17.8 Å². The molecule has 0 aliphatic rings. The fourth-order valence-electron chi connectivity index (χ4n) is 1.24. The van der Waals surface area contributed by atoms with Crippen LogP contribution < -0.4 is 4.72 Å². The highest BCUT2D eigenvalue weighted by molar-refractivity contribution is 7.89. The molecule has 0 amide bonds. The van der Waals surface area contributed by atoms with Gasteiger partial charge < -0.3 is 9.84 Å². The van der Waals surface area contributed by atoms with E-state index in [0.717, 1.165) is 0 Å². The Morgan fingerprint density at radius 1 is 1.61 bits per heavy atom. The van der Waals surface area contributed by atoms with Gasteiger partial charge in [0.15, 0.2) is 6.04 Å². The van der Waals surface area contributed by atoms with Gasteiger partial charge >= 0.3 is 5.97 Å². The topological polar surface area (TPSA) is 92.7 Å². The van der Waals surface area contributed by atoms with Crippen LogP contribution in [0.4, 0.5) is 0 Å². The maximum Gasteiger partial charge on any atom is 0.327 e. The van der Waals surface area contributed by atoms with Gasteiger partial charge in [-0.25, -0.2) is 8.42 Å². The van der Waals surface area contributed by atoms with E-state index in [1.54, 1.807) is 24.4 Å². The van der Waals surface area contributed by atoms with Crippen molar-refractivity contribution in [3.63, 3.8) is 0 Å². The third-order valence-electron chi connectivity index (χ3n) is 2.07. The van der Waals surface area contributed by atoms with Gasteiger partial charge in [0.25, 0.3) is 0 Å². The van der Waals surface area contributed by atoms with Gasteiger partial charge in [0, 0.05) is 11.5 Å². The number of hydrogen-bond donors (Lipinski definition) is 2. The summed E-state index contributed by atoms with van der Waals surface area (Å²) in [6.45, 7) is 2.22. The fourth-order valence-corrected chi connectivity index (χ4v) is 3.12. The van der Waals surface area contributed by atoms with E-state index >= 15 is 0 Å². The van der Waals surface area contributed by atoms with Gasteiger partial charge in [-0.2, -0.15) is 4.72 Å². The molecule has 1 atom stereocenters. The van der Waals surface area contributed by atoms with Crippen molar-refractivity contribution >= 4 is 27.3 Å². The highest BCUT2D eigenvalue weighted by atomic mass is 32.2. The van der Waals surface area contributed by atoms with Crippen LogP contribution in [0.2, 0.25) is 0 Å². The normalized spacial score (nSPS) is 13.4. The maximum absolute atomic E-state index is 11.7. The number of carboxylic acid groups (broad SMARTS) is 1. The standard InChI is InChI=1S/C10H15NO5S2/c1-2-16-5-7-18(14,15)11-9(10(12)13)8-4-3-6-17-8/h3-4,6,9,11H,2,5,7H2,1H3,(H,12,13). The molecule has 0 spiro atoms. The molecule has 0 saturated heterocycles. The molecule has 102 valence electrons. The molecule has 1 unspecified atom stereocenters. The molecule has 1 rings (SSSR count). The number of aliphatic carboxylic acids is 1. The maximum atomic E-state index is 11.7. The molecular formula is C10H15NO5S2. The Morgan fingerprint density at radius 3 is 2.83 bits per heavy atom. The molecular weight excluding hydrogens is 278 g/mol. The first-order valence-electron chi connectivity index (χ1n) is 5.30. The number of nitrogens with one attached hydrogen (secondary N) is 1. The Bertz CT molecular complexity index is 468. The summed E-state index contributed by atoms with van der Waals surface area (Å²) in [7, 11) is -3.67. The van der Waals surface area contributed by atoms with Crippen LogP contribution in [-0.2, 0) is 19.6 Å². The zero-order valence-electron chi connectivity index (χ0n) is 9.83. The van der Waals surface area contributed by atoms with E-state index in [-0.39, 0.29) is 12.4 Å². The summed E-state index contributed by atoms with van der Waals surface area (Å²) >= 11 is 1.19. The van der Waals surface area contributed by atoms with E-state index < -0.39 is 22.0 Å².